The van der Waals surface area contributed by atoms with E-state index in [9.17, 15) is 0 Å². The molecule has 0 bridgehead atoms. The third-order valence-corrected chi connectivity index (χ3v) is 3.52. The van der Waals surface area contributed by atoms with Crippen LogP contribution in [-0.2, 0) is 0 Å². The van der Waals surface area contributed by atoms with E-state index < -0.39 is 0 Å². The standard InChI is InChI=1S/C17H17N2/c1-12-5-3-7-14(9-12)16-17(19-11-18-16)15-8-4-6-13(2)10-15/h3-10,16-17H,1-2H3,(H,18,19)/t16-,17+. The Morgan fingerprint density at radius 1 is 0.947 bits per heavy atom. The monoisotopic (exact) mass is 249 g/mol. The van der Waals surface area contributed by atoms with E-state index in [-0.39, 0.29) is 12.1 Å². The van der Waals surface area contributed by atoms with Crippen LogP contribution in [-0.4, -0.2) is 6.34 Å². The fraction of sp³-hybridized carbons (Fsp3) is 0.235. The summed E-state index contributed by atoms with van der Waals surface area (Å²) in [4.78, 5) is 4.47. The highest BCUT2D eigenvalue weighted by molar-refractivity contribution is 5.60. The van der Waals surface area contributed by atoms with Crippen LogP contribution in [0.5, 0.6) is 0 Å². The zero-order valence-electron chi connectivity index (χ0n) is 11.2. The topological polar surface area (TPSA) is 24.4 Å². The smallest absolute Gasteiger partial charge is 0.165 e. The zero-order chi connectivity index (χ0) is 13.2. The molecule has 0 unspecified atom stereocenters. The van der Waals surface area contributed by atoms with Crippen LogP contribution in [0.15, 0.2) is 53.5 Å². The lowest BCUT2D eigenvalue weighted by Crippen LogP contribution is -2.18. The van der Waals surface area contributed by atoms with Gasteiger partial charge in [0.05, 0.1) is 6.04 Å². The molecule has 0 saturated carbocycles. The van der Waals surface area contributed by atoms with Crippen molar-refractivity contribution in [3.8, 4) is 0 Å². The molecule has 1 radical (unpaired) electrons. The van der Waals surface area contributed by atoms with Crippen molar-refractivity contribution < 1.29 is 0 Å². The summed E-state index contributed by atoms with van der Waals surface area (Å²) < 4.78 is 0. The summed E-state index contributed by atoms with van der Waals surface area (Å²) in [6.07, 6.45) is 2.93. The lowest BCUT2D eigenvalue weighted by Gasteiger charge is -2.19. The van der Waals surface area contributed by atoms with E-state index >= 15 is 0 Å². The average Bonchev–Trinajstić information content (AvgIpc) is 2.88. The molecule has 1 aliphatic heterocycles. The van der Waals surface area contributed by atoms with Crippen molar-refractivity contribution in [2.75, 3.05) is 0 Å². The molecule has 2 heteroatoms. The normalized spacial score (nSPS) is 21.4. The Morgan fingerprint density at radius 2 is 1.58 bits per heavy atom. The van der Waals surface area contributed by atoms with Crippen molar-refractivity contribution in [3.05, 3.63) is 70.8 Å². The lowest BCUT2D eigenvalue weighted by molar-refractivity contribution is 0.573. The molecular weight excluding hydrogens is 232 g/mol. The van der Waals surface area contributed by atoms with E-state index in [0.717, 1.165) is 0 Å². The fourth-order valence-corrected chi connectivity index (χ4v) is 2.58. The van der Waals surface area contributed by atoms with Gasteiger partial charge in [0.25, 0.3) is 0 Å². The number of benzene rings is 2. The van der Waals surface area contributed by atoms with Gasteiger partial charge in [-0.05, 0) is 25.0 Å². The van der Waals surface area contributed by atoms with Crippen LogP contribution in [0.25, 0.3) is 0 Å². The van der Waals surface area contributed by atoms with Crippen molar-refractivity contribution in [1.29, 1.82) is 0 Å². The second kappa shape index (κ2) is 4.88. The van der Waals surface area contributed by atoms with E-state index in [4.69, 9.17) is 0 Å². The first kappa shape index (κ1) is 12.0. The van der Waals surface area contributed by atoms with E-state index in [0.29, 0.717) is 0 Å². The van der Waals surface area contributed by atoms with E-state index in [2.05, 4.69) is 79.0 Å². The summed E-state index contributed by atoms with van der Waals surface area (Å²) in [5.41, 5.74) is 5.04. The maximum atomic E-state index is 4.47. The second-order valence-corrected chi connectivity index (χ2v) is 5.14. The van der Waals surface area contributed by atoms with Gasteiger partial charge in [0.15, 0.2) is 6.34 Å². The summed E-state index contributed by atoms with van der Waals surface area (Å²) in [5.74, 6) is 0. The number of hydrogen-bond donors (Lipinski definition) is 1. The lowest BCUT2D eigenvalue weighted by atomic mass is 9.93. The number of nitrogens with zero attached hydrogens (tertiary/aromatic N) is 1. The van der Waals surface area contributed by atoms with Gasteiger partial charge in [0.2, 0.25) is 0 Å². The van der Waals surface area contributed by atoms with Gasteiger partial charge in [0, 0.05) is 0 Å². The highest BCUT2D eigenvalue weighted by Gasteiger charge is 2.27. The second-order valence-electron chi connectivity index (χ2n) is 5.14. The summed E-state index contributed by atoms with van der Waals surface area (Å²) in [6, 6.07) is 17.4. The first-order chi connectivity index (χ1) is 9.24. The molecule has 2 nitrogen and oxygen atoms in total. The van der Waals surface area contributed by atoms with E-state index in [1.165, 1.54) is 22.3 Å². The summed E-state index contributed by atoms with van der Waals surface area (Å²) >= 11 is 0. The van der Waals surface area contributed by atoms with Gasteiger partial charge in [-0.25, -0.2) is 0 Å². The molecule has 0 aliphatic carbocycles. The predicted molar refractivity (Wildman–Crippen MR) is 78.4 cm³/mol. The Morgan fingerprint density at radius 3 is 2.26 bits per heavy atom. The molecule has 0 spiro atoms. The quantitative estimate of drug-likeness (QED) is 0.864. The summed E-state index contributed by atoms with van der Waals surface area (Å²) in [5, 5.41) is 3.25. The molecule has 0 aromatic heterocycles. The van der Waals surface area contributed by atoms with Crippen LogP contribution in [0.1, 0.15) is 34.3 Å². The molecule has 2 aromatic carbocycles. The van der Waals surface area contributed by atoms with Gasteiger partial charge < -0.3 is 5.32 Å². The van der Waals surface area contributed by atoms with Crippen LogP contribution < -0.4 is 5.32 Å². The van der Waals surface area contributed by atoms with Gasteiger partial charge in [-0.1, -0.05) is 59.7 Å². The number of aryl methyl sites for hydroxylation is 2. The molecule has 1 aliphatic rings. The maximum absolute atomic E-state index is 4.47. The van der Waals surface area contributed by atoms with Crippen LogP contribution in [0.3, 0.4) is 0 Å². The van der Waals surface area contributed by atoms with Crippen LogP contribution in [0.2, 0.25) is 0 Å². The van der Waals surface area contributed by atoms with Crippen molar-refractivity contribution in [1.82, 2.24) is 5.32 Å². The van der Waals surface area contributed by atoms with Crippen LogP contribution >= 0.6 is 0 Å². The van der Waals surface area contributed by atoms with Crippen LogP contribution in [0.4, 0.5) is 0 Å². The van der Waals surface area contributed by atoms with Crippen molar-refractivity contribution in [2.45, 2.75) is 25.9 Å². The molecule has 1 heterocycles. The first-order valence-corrected chi connectivity index (χ1v) is 6.57. The Kier molecular flexibility index (Phi) is 3.08. The molecule has 2 aromatic rings. The maximum Gasteiger partial charge on any atom is 0.165 e. The number of hydrogen-bond acceptors (Lipinski definition) is 2. The molecule has 95 valence electrons. The Labute approximate surface area is 114 Å². The average molecular weight is 249 g/mol. The Balaban J connectivity index is 1.95. The highest BCUT2D eigenvalue weighted by atomic mass is 15.1. The molecule has 0 amide bonds. The van der Waals surface area contributed by atoms with Crippen molar-refractivity contribution >= 4 is 6.34 Å². The van der Waals surface area contributed by atoms with Gasteiger partial charge >= 0.3 is 0 Å². The molecule has 19 heavy (non-hydrogen) atoms. The fourth-order valence-electron chi connectivity index (χ4n) is 2.58. The Hall–Kier alpha value is -2.09. The van der Waals surface area contributed by atoms with Gasteiger partial charge in [-0.15, -0.1) is 0 Å². The summed E-state index contributed by atoms with van der Waals surface area (Å²) in [6.45, 7) is 4.23. The third kappa shape index (κ3) is 2.39. The van der Waals surface area contributed by atoms with Crippen LogP contribution in [0, 0.1) is 13.8 Å². The third-order valence-electron chi connectivity index (χ3n) is 3.52. The summed E-state index contributed by atoms with van der Waals surface area (Å²) in [7, 11) is 0. The Bertz CT molecular complexity index is 616. The molecule has 0 saturated heterocycles. The molecule has 3 rings (SSSR count). The number of aliphatic imine (C=N–C) groups is 1. The SMILES string of the molecule is Cc1cccc([C@H]2N=[C]N[C@H]2c2cccc(C)c2)c1. The minimum atomic E-state index is 0.113. The molecule has 0 fully saturated rings. The van der Waals surface area contributed by atoms with E-state index in [1.807, 2.05) is 0 Å². The number of nitrogens with one attached hydrogen (secondary N) is 1. The highest BCUT2D eigenvalue weighted by Crippen LogP contribution is 2.35. The van der Waals surface area contributed by atoms with Crippen molar-refractivity contribution in [2.24, 2.45) is 4.99 Å². The van der Waals surface area contributed by atoms with Gasteiger partial charge in [-0.2, -0.15) is 0 Å². The minimum absolute atomic E-state index is 0.113. The van der Waals surface area contributed by atoms with Gasteiger partial charge in [-0.3, -0.25) is 4.99 Å². The minimum Gasteiger partial charge on any atom is -0.358 e. The van der Waals surface area contributed by atoms with Gasteiger partial charge in [0.1, 0.15) is 6.04 Å². The molecular formula is C17H17N2. The van der Waals surface area contributed by atoms with Crippen molar-refractivity contribution in [3.63, 3.8) is 0 Å². The largest absolute Gasteiger partial charge is 0.358 e. The molecule has 2 atom stereocenters. The number of rotatable bonds is 2. The molecule has 1 N–H and O–H groups in total. The van der Waals surface area contributed by atoms with E-state index in [1.54, 1.807) is 0 Å². The first-order valence-electron chi connectivity index (χ1n) is 6.57. The zero-order valence-corrected chi connectivity index (χ0v) is 11.2. The predicted octanol–water partition coefficient (Wildman–Crippen LogP) is 3.59.